The molecule has 1 heterocycles. The molecular formula is C13H16BrClN6. The van der Waals surface area contributed by atoms with Crippen molar-refractivity contribution in [2.45, 2.75) is 13.8 Å². The lowest BCUT2D eigenvalue weighted by atomic mass is 10.3. The predicted octanol–water partition coefficient (Wildman–Crippen LogP) is 3.46. The number of anilines is 4. The molecule has 8 heteroatoms. The van der Waals surface area contributed by atoms with Crippen LogP contribution in [0, 0.1) is 0 Å². The number of nitrogens with two attached hydrogens (primary N) is 1. The third kappa shape index (κ3) is 3.95. The Labute approximate surface area is 136 Å². The van der Waals surface area contributed by atoms with Crippen LogP contribution in [0.25, 0.3) is 0 Å². The first-order valence-corrected chi connectivity index (χ1v) is 7.69. The van der Waals surface area contributed by atoms with Crippen LogP contribution in [0.1, 0.15) is 13.8 Å². The Balaban J connectivity index is 2.29. The summed E-state index contributed by atoms with van der Waals surface area (Å²) in [5, 5.41) is 3.68. The van der Waals surface area contributed by atoms with Crippen LogP contribution in [0.5, 0.6) is 0 Å². The molecule has 0 atom stereocenters. The second kappa shape index (κ2) is 6.91. The SMILES string of the molecule is CCN(CC)c1nc(N)nc(Nc2ccc(Br)c(Cl)c2)n1. The summed E-state index contributed by atoms with van der Waals surface area (Å²) < 4.78 is 0.828. The summed E-state index contributed by atoms with van der Waals surface area (Å²) in [6.07, 6.45) is 0. The van der Waals surface area contributed by atoms with Crippen molar-refractivity contribution in [3.05, 3.63) is 27.7 Å². The lowest BCUT2D eigenvalue weighted by Crippen LogP contribution is -2.25. The molecule has 2 rings (SSSR count). The van der Waals surface area contributed by atoms with Crippen molar-refractivity contribution >= 4 is 51.1 Å². The van der Waals surface area contributed by atoms with Crippen LogP contribution >= 0.6 is 27.5 Å². The maximum atomic E-state index is 6.06. The van der Waals surface area contributed by atoms with E-state index >= 15 is 0 Å². The maximum Gasteiger partial charge on any atom is 0.233 e. The standard InChI is InChI=1S/C13H16BrClN6/c1-3-21(4-2)13-19-11(16)18-12(20-13)17-8-5-6-9(14)10(15)7-8/h5-7H,3-4H2,1-2H3,(H3,16,17,18,19,20). The molecule has 2 aromatic rings. The molecule has 0 spiro atoms. The molecule has 0 saturated carbocycles. The Kier molecular flexibility index (Phi) is 5.19. The van der Waals surface area contributed by atoms with Gasteiger partial charge in [0, 0.05) is 23.2 Å². The van der Waals surface area contributed by atoms with Crippen molar-refractivity contribution in [2.75, 3.05) is 29.0 Å². The van der Waals surface area contributed by atoms with Gasteiger partial charge < -0.3 is 16.0 Å². The quantitative estimate of drug-likeness (QED) is 0.838. The van der Waals surface area contributed by atoms with Crippen LogP contribution in [0.4, 0.5) is 23.5 Å². The molecule has 21 heavy (non-hydrogen) atoms. The van der Waals surface area contributed by atoms with E-state index in [1.807, 2.05) is 30.9 Å². The summed E-state index contributed by atoms with van der Waals surface area (Å²) in [5.74, 6) is 1.12. The van der Waals surface area contributed by atoms with Crippen LogP contribution in [0.15, 0.2) is 22.7 Å². The zero-order valence-electron chi connectivity index (χ0n) is 11.8. The number of benzene rings is 1. The molecule has 0 aliphatic carbocycles. The largest absolute Gasteiger partial charge is 0.368 e. The molecule has 0 unspecified atom stereocenters. The smallest absolute Gasteiger partial charge is 0.233 e. The molecule has 6 nitrogen and oxygen atoms in total. The van der Waals surface area contributed by atoms with Gasteiger partial charge in [0.1, 0.15) is 0 Å². The first kappa shape index (κ1) is 15.8. The number of hydrogen-bond acceptors (Lipinski definition) is 6. The van der Waals surface area contributed by atoms with Crippen LogP contribution in [-0.4, -0.2) is 28.0 Å². The third-order valence-corrected chi connectivity index (χ3v) is 4.10. The molecule has 0 aliphatic heterocycles. The summed E-state index contributed by atoms with van der Waals surface area (Å²) in [7, 11) is 0. The predicted molar refractivity (Wildman–Crippen MR) is 90.2 cm³/mol. The van der Waals surface area contributed by atoms with E-state index in [4.69, 9.17) is 17.3 Å². The summed E-state index contributed by atoms with van der Waals surface area (Å²) >= 11 is 9.41. The zero-order valence-corrected chi connectivity index (χ0v) is 14.1. The van der Waals surface area contributed by atoms with Crippen molar-refractivity contribution in [2.24, 2.45) is 0 Å². The van der Waals surface area contributed by atoms with E-state index in [1.165, 1.54) is 0 Å². The first-order valence-electron chi connectivity index (χ1n) is 6.52. The molecule has 0 bridgehead atoms. The van der Waals surface area contributed by atoms with Gasteiger partial charge in [-0.25, -0.2) is 0 Å². The normalized spacial score (nSPS) is 10.5. The molecule has 0 amide bonds. The van der Waals surface area contributed by atoms with Crippen LogP contribution in [0.2, 0.25) is 5.02 Å². The van der Waals surface area contributed by atoms with Crippen molar-refractivity contribution in [1.82, 2.24) is 15.0 Å². The van der Waals surface area contributed by atoms with Gasteiger partial charge in [0.2, 0.25) is 17.8 Å². The van der Waals surface area contributed by atoms with Crippen LogP contribution in [0.3, 0.4) is 0 Å². The topological polar surface area (TPSA) is 80.0 Å². The van der Waals surface area contributed by atoms with Gasteiger partial charge in [0.05, 0.1) is 5.02 Å². The lowest BCUT2D eigenvalue weighted by Gasteiger charge is -2.19. The van der Waals surface area contributed by atoms with Crippen molar-refractivity contribution in [1.29, 1.82) is 0 Å². The maximum absolute atomic E-state index is 6.06. The van der Waals surface area contributed by atoms with Gasteiger partial charge in [-0.2, -0.15) is 15.0 Å². The average Bonchev–Trinajstić information content (AvgIpc) is 2.44. The summed E-state index contributed by atoms with van der Waals surface area (Å²) in [6.45, 7) is 5.66. The Bertz CT molecular complexity index is 632. The Hall–Kier alpha value is -1.60. The minimum atomic E-state index is 0.178. The third-order valence-electron chi connectivity index (χ3n) is 2.86. The van der Waals surface area contributed by atoms with Gasteiger partial charge in [0.25, 0.3) is 0 Å². The van der Waals surface area contributed by atoms with Gasteiger partial charge in [-0.15, -0.1) is 0 Å². The molecular weight excluding hydrogens is 356 g/mol. The average molecular weight is 372 g/mol. The van der Waals surface area contributed by atoms with Crippen LogP contribution < -0.4 is 16.0 Å². The van der Waals surface area contributed by atoms with Crippen LogP contribution in [-0.2, 0) is 0 Å². The second-order valence-corrected chi connectivity index (χ2v) is 5.50. The Morgan fingerprint density at radius 1 is 1.24 bits per heavy atom. The molecule has 112 valence electrons. The number of nitrogens with one attached hydrogen (secondary N) is 1. The fourth-order valence-corrected chi connectivity index (χ4v) is 2.21. The van der Waals surface area contributed by atoms with Gasteiger partial charge in [-0.05, 0) is 48.0 Å². The summed E-state index contributed by atoms with van der Waals surface area (Å²) in [4.78, 5) is 14.6. The van der Waals surface area contributed by atoms with Gasteiger partial charge in [0.15, 0.2) is 0 Å². The molecule has 1 aromatic heterocycles. The van der Waals surface area contributed by atoms with E-state index in [0.29, 0.717) is 16.9 Å². The number of rotatable bonds is 5. The highest BCUT2D eigenvalue weighted by atomic mass is 79.9. The fraction of sp³-hybridized carbons (Fsp3) is 0.308. The molecule has 0 aliphatic rings. The number of halogens is 2. The highest BCUT2D eigenvalue weighted by molar-refractivity contribution is 9.10. The fourth-order valence-electron chi connectivity index (χ4n) is 1.79. The van der Waals surface area contributed by atoms with E-state index in [0.717, 1.165) is 23.2 Å². The van der Waals surface area contributed by atoms with E-state index in [1.54, 1.807) is 6.07 Å². The monoisotopic (exact) mass is 370 g/mol. The number of aromatic nitrogens is 3. The number of nitrogens with zero attached hydrogens (tertiary/aromatic N) is 4. The number of hydrogen-bond donors (Lipinski definition) is 2. The van der Waals surface area contributed by atoms with E-state index < -0.39 is 0 Å². The summed E-state index contributed by atoms with van der Waals surface area (Å²) in [5.41, 5.74) is 6.53. The summed E-state index contributed by atoms with van der Waals surface area (Å²) in [6, 6.07) is 5.50. The highest BCUT2D eigenvalue weighted by Gasteiger charge is 2.10. The molecule has 0 saturated heterocycles. The second-order valence-electron chi connectivity index (χ2n) is 4.24. The minimum absolute atomic E-state index is 0.178. The highest BCUT2D eigenvalue weighted by Crippen LogP contribution is 2.27. The van der Waals surface area contributed by atoms with Gasteiger partial charge in [-0.1, -0.05) is 11.6 Å². The van der Waals surface area contributed by atoms with Crippen molar-refractivity contribution < 1.29 is 0 Å². The van der Waals surface area contributed by atoms with Crippen molar-refractivity contribution in [3.63, 3.8) is 0 Å². The number of nitrogen functional groups attached to an aromatic ring is 1. The lowest BCUT2D eigenvalue weighted by molar-refractivity contribution is 0.816. The first-order chi connectivity index (χ1) is 10.0. The van der Waals surface area contributed by atoms with E-state index in [9.17, 15) is 0 Å². The Morgan fingerprint density at radius 2 is 1.95 bits per heavy atom. The Morgan fingerprint density at radius 3 is 2.57 bits per heavy atom. The van der Waals surface area contributed by atoms with Gasteiger partial charge in [-0.3, -0.25) is 0 Å². The van der Waals surface area contributed by atoms with E-state index in [-0.39, 0.29) is 5.95 Å². The zero-order chi connectivity index (χ0) is 15.4. The molecule has 3 N–H and O–H groups in total. The van der Waals surface area contributed by atoms with Crippen molar-refractivity contribution in [3.8, 4) is 0 Å². The minimum Gasteiger partial charge on any atom is -0.368 e. The molecule has 0 fully saturated rings. The van der Waals surface area contributed by atoms with Gasteiger partial charge >= 0.3 is 0 Å². The van der Waals surface area contributed by atoms with E-state index in [2.05, 4.69) is 36.2 Å². The molecule has 0 radical (unpaired) electrons. The molecule has 1 aromatic carbocycles.